The van der Waals surface area contributed by atoms with Crippen molar-refractivity contribution in [1.82, 2.24) is 4.90 Å². The van der Waals surface area contributed by atoms with Crippen molar-refractivity contribution in [3.8, 4) is 5.75 Å². The first kappa shape index (κ1) is 24.3. The predicted molar refractivity (Wildman–Crippen MR) is 138 cm³/mol. The molecule has 4 rings (SSSR count). The van der Waals surface area contributed by atoms with Gasteiger partial charge in [0.2, 0.25) is 0 Å². The number of hydrogen-bond acceptors (Lipinski definition) is 4. The van der Waals surface area contributed by atoms with Crippen LogP contribution in [0.4, 0.5) is 5.69 Å². The molecule has 1 saturated heterocycles. The molecule has 1 aliphatic heterocycles. The molecule has 5 nitrogen and oxygen atoms in total. The number of hydrogen-bond donors (Lipinski definition) is 0. The predicted octanol–water partition coefficient (Wildman–Crippen LogP) is 5.68. The van der Waals surface area contributed by atoms with Crippen LogP contribution in [0.15, 0.2) is 83.8 Å². The number of ether oxygens (including phenoxy) is 1. The summed E-state index contributed by atoms with van der Waals surface area (Å²) in [7, 11) is -2.16. The summed E-state index contributed by atoms with van der Waals surface area (Å²) in [5.74, 6) is 0.958. The molecular weight excluding hydrogens is 444 g/mol. The summed E-state index contributed by atoms with van der Waals surface area (Å²) < 4.78 is 34.8. The van der Waals surface area contributed by atoms with Crippen LogP contribution in [0.3, 0.4) is 0 Å². The lowest BCUT2D eigenvalue weighted by molar-refractivity contribution is 0.206. The summed E-state index contributed by atoms with van der Waals surface area (Å²) in [5.41, 5.74) is 3.16. The summed E-state index contributed by atoms with van der Waals surface area (Å²) >= 11 is 0. The number of nitrogens with zero attached hydrogens (tertiary/aromatic N) is 2. The van der Waals surface area contributed by atoms with E-state index in [0.29, 0.717) is 11.7 Å². The molecule has 1 aliphatic rings. The average Bonchev–Trinajstić information content (AvgIpc) is 2.86. The van der Waals surface area contributed by atoms with E-state index >= 15 is 0 Å². The molecule has 0 aromatic heterocycles. The smallest absolute Gasteiger partial charge is 0.264 e. The molecule has 0 amide bonds. The fourth-order valence-electron chi connectivity index (χ4n) is 4.58. The van der Waals surface area contributed by atoms with E-state index in [1.807, 2.05) is 24.3 Å². The highest BCUT2D eigenvalue weighted by Crippen LogP contribution is 2.33. The van der Waals surface area contributed by atoms with Gasteiger partial charge in [0.1, 0.15) is 5.75 Å². The molecule has 1 heterocycles. The Bertz CT molecular complexity index is 1170. The van der Waals surface area contributed by atoms with Crippen LogP contribution in [0.5, 0.6) is 5.75 Å². The minimum Gasteiger partial charge on any atom is -0.497 e. The van der Waals surface area contributed by atoms with Gasteiger partial charge in [0.15, 0.2) is 0 Å². The number of rotatable bonds is 8. The minimum atomic E-state index is -3.74. The molecule has 3 aromatic carbocycles. The second-order valence-electron chi connectivity index (χ2n) is 9.22. The summed E-state index contributed by atoms with van der Waals surface area (Å²) in [5, 5.41) is 0. The molecule has 1 fully saturated rings. The van der Waals surface area contributed by atoms with Crippen LogP contribution in [0.25, 0.3) is 0 Å². The van der Waals surface area contributed by atoms with Crippen LogP contribution in [-0.4, -0.2) is 39.6 Å². The molecule has 0 aliphatic carbocycles. The summed E-state index contributed by atoms with van der Waals surface area (Å²) in [6.45, 7) is 6.87. The van der Waals surface area contributed by atoms with Crippen molar-refractivity contribution >= 4 is 15.7 Å². The van der Waals surface area contributed by atoms with Gasteiger partial charge in [-0.2, -0.15) is 0 Å². The Kier molecular flexibility index (Phi) is 7.59. The van der Waals surface area contributed by atoms with Crippen molar-refractivity contribution in [1.29, 1.82) is 0 Å². The first-order valence-electron chi connectivity index (χ1n) is 11.9. The maximum Gasteiger partial charge on any atom is 0.264 e. The lowest BCUT2D eigenvalue weighted by atomic mass is 10.0. The van der Waals surface area contributed by atoms with Crippen molar-refractivity contribution in [2.24, 2.45) is 0 Å². The maximum atomic E-state index is 14.0. The average molecular weight is 479 g/mol. The second-order valence-corrected chi connectivity index (χ2v) is 11.0. The Labute approximate surface area is 204 Å². The highest BCUT2D eigenvalue weighted by atomic mass is 32.2. The molecule has 0 bridgehead atoms. The monoisotopic (exact) mass is 478 g/mol. The van der Waals surface area contributed by atoms with Gasteiger partial charge in [-0.3, -0.25) is 9.21 Å². The molecular formula is C28H34N2O3S. The molecule has 180 valence electrons. The number of sulfonamides is 1. The SMILES string of the molecule is COc1ccc(S(=O)(=O)N(c2cccc(C(C)C)c2)C2CCN(Cc3ccccc3)CC2)cc1. The number of likely N-dealkylation sites (tertiary alicyclic amines) is 1. The van der Waals surface area contributed by atoms with Crippen molar-refractivity contribution in [2.75, 3.05) is 24.5 Å². The van der Waals surface area contributed by atoms with Gasteiger partial charge in [-0.25, -0.2) is 8.42 Å². The zero-order valence-electron chi connectivity index (χ0n) is 20.2. The number of anilines is 1. The molecule has 6 heteroatoms. The van der Waals surface area contributed by atoms with Crippen LogP contribution in [0.1, 0.15) is 43.7 Å². The lowest BCUT2D eigenvalue weighted by Crippen LogP contribution is -2.47. The van der Waals surface area contributed by atoms with Gasteiger partial charge in [0.05, 0.1) is 17.7 Å². The van der Waals surface area contributed by atoms with Crippen LogP contribution in [0.2, 0.25) is 0 Å². The number of benzene rings is 3. The number of piperidine rings is 1. The van der Waals surface area contributed by atoms with Crippen LogP contribution in [-0.2, 0) is 16.6 Å². The molecule has 34 heavy (non-hydrogen) atoms. The summed E-state index contributed by atoms with van der Waals surface area (Å²) in [6.07, 6.45) is 1.57. The standard InChI is InChI=1S/C28H34N2O3S/c1-22(2)24-10-7-11-26(20-24)30(34(31,32)28-14-12-27(33-3)13-15-28)25-16-18-29(19-17-25)21-23-8-5-4-6-9-23/h4-15,20,22,25H,16-19,21H2,1-3H3. The minimum absolute atomic E-state index is 0.0958. The third-order valence-electron chi connectivity index (χ3n) is 6.55. The molecule has 0 N–H and O–H groups in total. The van der Waals surface area contributed by atoms with E-state index in [1.54, 1.807) is 35.7 Å². The van der Waals surface area contributed by atoms with E-state index < -0.39 is 10.0 Å². The third-order valence-corrected chi connectivity index (χ3v) is 8.44. The van der Waals surface area contributed by atoms with Crippen molar-refractivity contribution in [2.45, 2.75) is 50.1 Å². The fourth-order valence-corrected chi connectivity index (χ4v) is 6.28. The highest BCUT2D eigenvalue weighted by molar-refractivity contribution is 7.92. The van der Waals surface area contributed by atoms with Crippen molar-refractivity contribution in [3.05, 3.63) is 90.0 Å². The third kappa shape index (κ3) is 5.45. The Morgan fingerprint density at radius 1 is 0.941 bits per heavy atom. The van der Waals surface area contributed by atoms with E-state index in [0.717, 1.165) is 43.7 Å². The zero-order valence-corrected chi connectivity index (χ0v) is 21.0. The van der Waals surface area contributed by atoms with E-state index in [4.69, 9.17) is 4.74 Å². The van der Waals surface area contributed by atoms with E-state index in [-0.39, 0.29) is 10.9 Å². The van der Waals surface area contributed by atoms with Gasteiger partial charge in [0, 0.05) is 25.7 Å². The zero-order chi connectivity index (χ0) is 24.1. The topological polar surface area (TPSA) is 49.9 Å². The Hall–Kier alpha value is -2.83. The molecule has 0 radical (unpaired) electrons. The van der Waals surface area contributed by atoms with Gasteiger partial charge in [-0.15, -0.1) is 0 Å². The van der Waals surface area contributed by atoms with Gasteiger partial charge < -0.3 is 4.74 Å². The van der Waals surface area contributed by atoms with Crippen molar-refractivity contribution in [3.63, 3.8) is 0 Å². The Morgan fingerprint density at radius 2 is 1.62 bits per heavy atom. The van der Waals surface area contributed by atoms with E-state index in [9.17, 15) is 8.42 Å². The first-order chi connectivity index (χ1) is 16.4. The second kappa shape index (κ2) is 10.6. The Balaban J connectivity index is 1.62. The molecule has 3 aromatic rings. The lowest BCUT2D eigenvalue weighted by Gasteiger charge is -2.39. The Morgan fingerprint density at radius 3 is 2.24 bits per heavy atom. The molecule has 0 saturated carbocycles. The van der Waals surface area contributed by atoms with Crippen LogP contribution in [0, 0.1) is 0 Å². The molecule has 0 atom stereocenters. The van der Waals surface area contributed by atoms with E-state index in [2.05, 4.69) is 49.1 Å². The largest absolute Gasteiger partial charge is 0.497 e. The molecule has 0 unspecified atom stereocenters. The van der Waals surface area contributed by atoms with Crippen molar-refractivity contribution < 1.29 is 13.2 Å². The maximum absolute atomic E-state index is 14.0. The summed E-state index contributed by atoms with van der Waals surface area (Å²) in [6, 6.07) is 25.0. The summed E-state index contributed by atoms with van der Waals surface area (Å²) in [4.78, 5) is 2.70. The normalized spacial score (nSPS) is 15.4. The highest BCUT2D eigenvalue weighted by Gasteiger charge is 2.34. The van der Waals surface area contributed by atoms with Gasteiger partial charge in [0.25, 0.3) is 10.0 Å². The van der Waals surface area contributed by atoms with Gasteiger partial charge in [-0.05, 0) is 66.3 Å². The van der Waals surface area contributed by atoms with Crippen LogP contribution < -0.4 is 9.04 Å². The molecule has 0 spiro atoms. The fraction of sp³-hybridized carbons (Fsp3) is 0.357. The first-order valence-corrected chi connectivity index (χ1v) is 13.4. The van der Waals surface area contributed by atoms with Gasteiger partial charge >= 0.3 is 0 Å². The van der Waals surface area contributed by atoms with Crippen LogP contribution >= 0.6 is 0 Å². The quantitative estimate of drug-likeness (QED) is 0.418. The number of methoxy groups -OCH3 is 1. The van der Waals surface area contributed by atoms with Gasteiger partial charge in [-0.1, -0.05) is 56.3 Å². The van der Waals surface area contributed by atoms with E-state index in [1.165, 1.54) is 5.56 Å².